The lowest BCUT2D eigenvalue weighted by atomic mass is 10.1. The van der Waals surface area contributed by atoms with Gasteiger partial charge in [0.25, 0.3) is 0 Å². The summed E-state index contributed by atoms with van der Waals surface area (Å²) >= 11 is 7.77. The minimum atomic E-state index is -0.652. The number of hydrogen-bond donors (Lipinski definition) is 4. The van der Waals surface area contributed by atoms with Gasteiger partial charge >= 0.3 is 0 Å². The highest BCUT2D eigenvalue weighted by Gasteiger charge is 2.20. The Morgan fingerprint density at radius 2 is 2.04 bits per heavy atom. The number of aromatic nitrogens is 2. The van der Waals surface area contributed by atoms with Crippen LogP contribution in [0.1, 0.15) is 19.4 Å². The lowest BCUT2D eigenvalue weighted by Crippen LogP contribution is -2.46. The average Bonchev–Trinajstić information content (AvgIpc) is 2.66. The third kappa shape index (κ3) is 7.98. The molecule has 1 aromatic carbocycles. The van der Waals surface area contributed by atoms with Crippen LogP contribution >= 0.6 is 35.8 Å². The van der Waals surface area contributed by atoms with E-state index in [0.717, 1.165) is 16.3 Å². The number of aryl methyl sites for hydroxylation is 1. The van der Waals surface area contributed by atoms with E-state index in [1.165, 1.54) is 0 Å². The molecule has 1 heterocycles. The summed E-state index contributed by atoms with van der Waals surface area (Å²) in [7, 11) is 0. The Kier molecular flexibility index (Phi) is 10.3. The van der Waals surface area contributed by atoms with E-state index in [4.69, 9.17) is 22.2 Å². The van der Waals surface area contributed by atoms with Gasteiger partial charge in [0.05, 0.1) is 5.02 Å². The van der Waals surface area contributed by atoms with Crippen molar-refractivity contribution < 1.29 is 9.84 Å². The van der Waals surface area contributed by atoms with Gasteiger partial charge < -0.3 is 20.6 Å². The third-order valence-electron chi connectivity index (χ3n) is 3.77. The summed E-state index contributed by atoms with van der Waals surface area (Å²) < 4.78 is 5.63. The van der Waals surface area contributed by atoms with E-state index in [1.54, 1.807) is 23.9 Å². The van der Waals surface area contributed by atoms with Crippen LogP contribution in [-0.4, -0.2) is 45.9 Å². The number of nitrogen functional groups attached to an aromatic ring is 1. The van der Waals surface area contributed by atoms with Crippen molar-refractivity contribution in [3.8, 4) is 5.75 Å². The van der Waals surface area contributed by atoms with Crippen LogP contribution in [0.15, 0.2) is 35.4 Å². The molecule has 5 N–H and O–H groups in total. The summed E-state index contributed by atoms with van der Waals surface area (Å²) in [6, 6.07) is 9.21. The van der Waals surface area contributed by atoms with E-state index < -0.39 is 6.10 Å². The molecule has 0 saturated carbocycles. The molecule has 0 amide bonds. The van der Waals surface area contributed by atoms with Gasteiger partial charge in [0.2, 0.25) is 0 Å². The molecule has 1 atom stereocenters. The molecule has 0 spiro atoms. The maximum atomic E-state index is 10.2. The Morgan fingerprint density at radius 1 is 1.29 bits per heavy atom. The molecule has 156 valence electrons. The molecule has 0 saturated heterocycles. The highest BCUT2D eigenvalue weighted by atomic mass is 35.5. The second-order valence-electron chi connectivity index (χ2n) is 6.81. The molecule has 7 nitrogen and oxygen atoms in total. The molecule has 10 heteroatoms. The Bertz CT molecular complexity index is 734. The fourth-order valence-corrected chi connectivity index (χ4v) is 3.20. The highest BCUT2D eigenvalue weighted by molar-refractivity contribution is 7.99. The number of rotatable bonds is 10. The molecule has 0 radical (unpaired) electrons. The van der Waals surface area contributed by atoms with Crippen molar-refractivity contribution in [3.05, 3.63) is 40.9 Å². The molecular formula is C18H27Cl2N5O2S. The van der Waals surface area contributed by atoms with Gasteiger partial charge in [-0.05, 0) is 44.5 Å². The molecule has 0 aliphatic carbocycles. The minimum absolute atomic E-state index is 0. The number of anilines is 1. The molecule has 0 aliphatic heterocycles. The summed E-state index contributed by atoms with van der Waals surface area (Å²) in [5, 5.41) is 23.0. The Hall–Kier alpha value is -1.29. The molecule has 28 heavy (non-hydrogen) atoms. The number of aliphatic hydroxyl groups excluding tert-OH is 1. The van der Waals surface area contributed by atoms with E-state index in [-0.39, 0.29) is 24.6 Å². The summed E-state index contributed by atoms with van der Waals surface area (Å²) in [5.41, 5.74) is 3.18. The fraction of sp³-hybridized carbons (Fsp3) is 0.444. The van der Waals surface area contributed by atoms with Crippen LogP contribution in [0, 0.1) is 6.92 Å². The molecule has 0 fully saturated rings. The van der Waals surface area contributed by atoms with Gasteiger partial charge in [0, 0.05) is 17.8 Å². The number of nitrogens with zero attached hydrogens (tertiary/aromatic N) is 2. The second kappa shape index (κ2) is 11.6. The minimum Gasteiger partial charge on any atom is -0.489 e. The lowest BCUT2D eigenvalue weighted by molar-refractivity contribution is 0.100. The van der Waals surface area contributed by atoms with Crippen molar-refractivity contribution in [2.24, 2.45) is 5.84 Å². The number of hydrazine groups is 1. The summed E-state index contributed by atoms with van der Waals surface area (Å²) in [6.45, 7) is 6.61. The number of halogens is 2. The first kappa shape index (κ1) is 24.7. The van der Waals surface area contributed by atoms with Gasteiger partial charge in [-0.2, -0.15) is 0 Å². The van der Waals surface area contributed by atoms with Gasteiger partial charge in [-0.1, -0.05) is 23.7 Å². The van der Waals surface area contributed by atoms with E-state index in [1.807, 2.05) is 25.1 Å². The lowest BCUT2D eigenvalue weighted by Gasteiger charge is -2.27. The summed E-state index contributed by atoms with van der Waals surface area (Å²) in [6.07, 6.45) is -0.652. The van der Waals surface area contributed by atoms with Gasteiger partial charge in [-0.25, -0.2) is 5.84 Å². The SMILES string of the molecule is Cc1cccc(OCC(O)CNC(C)(C)CSc2ccc(NN)nn2)c1Cl.Cl. The summed E-state index contributed by atoms with van der Waals surface area (Å²) in [4.78, 5) is 0. The standard InChI is InChI=1S/C18H26ClN5O2S.ClH/c1-12-5-4-6-14(17(12)19)26-10-13(25)9-21-18(2,3)11-27-16-8-7-15(22-20)23-24-16;/h4-8,13,21,25H,9-11,20H2,1-3H3,(H,22,23);1H. The predicted octanol–water partition coefficient (Wildman–Crippen LogP) is 3.05. The third-order valence-corrected chi connectivity index (χ3v) is 5.64. The number of nitrogens with two attached hydrogens (primary N) is 1. The molecular weight excluding hydrogens is 421 g/mol. The number of β-amino-alcohol motifs (C(OH)–C–C–N with tert-alkyl or cyclic N) is 1. The first-order valence-electron chi connectivity index (χ1n) is 8.55. The molecule has 0 bridgehead atoms. The van der Waals surface area contributed by atoms with E-state index in [2.05, 4.69) is 34.8 Å². The van der Waals surface area contributed by atoms with Crippen LogP contribution in [0.4, 0.5) is 5.82 Å². The van der Waals surface area contributed by atoms with Crippen LogP contribution in [0.3, 0.4) is 0 Å². The van der Waals surface area contributed by atoms with Crippen molar-refractivity contribution >= 4 is 41.6 Å². The van der Waals surface area contributed by atoms with Crippen LogP contribution in [0.2, 0.25) is 5.02 Å². The molecule has 0 aliphatic rings. The van der Waals surface area contributed by atoms with Gasteiger partial charge in [0.1, 0.15) is 23.5 Å². The number of thioether (sulfide) groups is 1. The number of benzene rings is 1. The van der Waals surface area contributed by atoms with Crippen molar-refractivity contribution in [3.63, 3.8) is 0 Å². The van der Waals surface area contributed by atoms with E-state index in [0.29, 0.717) is 23.1 Å². The zero-order valence-electron chi connectivity index (χ0n) is 16.1. The maximum Gasteiger partial charge on any atom is 0.162 e. The Balaban J connectivity index is 0.00000392. The van der Waals surface area contributed by atoms with Crippen LogP contribution < -0.4 is 21.3 Å². The molecule has 2 aromatic rings. The zero-order valence-corrected chi connectivity index (χ0v) is 18.5. The highest BCUT2D eigenvalue weighted by Crippen LogP contribution is 2.27. The van der Waals surface area contributed by atoms with Crippen molar-refractivity contribution in [2.75, 3.05) is 24.3 Å². The Morgan fingerprint density at radius 3 is 2.68 bits per heavy atom. The predicted molar refractivity (Wildman–Crippen MR) is 118 cm³/mol. The Labute approximate surface area is 181 Å². The number of aliphatic hydroxyl groups is 1. The van der Waals surface area contributed by atoms with Crippen molar-refractivity contribution in [1.29, 1.82) is 0 Å². The fourth-order valence-electron chi connectivity index (χ4n) is 2.15. The molecule has 1 unspecified atom stereocenters. The number of ether oxygens (including phenoxy) is 1. The van der Waals surface area contributed by atoms with Crippen LogP contribution in [-0.2, 0) is 0 Å². The number of nitrogens with one attached hydrogen (secondary N) is 2. The van der Waals surface area contributed by atoms with E-state index >= 15 is 0 Å². The number of hydrogen-bond acceptors (Lipinski definition) is 8. The van der Waals surface area contributed by atoms with E-state index in [9.17, 15) is 5.11 Å². The largest absolute Gasteiger partial charge is 0.489 e. The topological polar surface area (TPSA) is 105 Å². The quantitative estimate of drug-likeness (QED) is 0.250. The van der Waals surface area contributed by atoms with Crippen molar-refractivity contribution in [2.45, 2.75) is 37.4 Å². The van der Waals surface area contributed by atoms with Crippen LogP contribution in [0.25, 0.3) is 0 Å². The van der Waals surface area contributed by atoms with Gasteiger partial charge in [-0.3, -0.25) is 0 Å². The van der Waals surface area contributed by atoms with Gasteiger partial charge in [0.15, 0.2) is 5.82 Å². The van der Waals surface area contributed by atoms with Crippen LogP contribution in [0.5, 0.6) is 5.75 Å². The molecule has 1 aromatic heterocycles. The summed E-state index contributed by atoms with van der Waals surface area (Å²) in [5.74, 6) is 7.14. The average molecular weight is 448 g/mol. The normalized spacial score (nSPS) is 12.2. The molecule has 2 rings (SSSR count). The maximum absolute atomic E-state index is 10.2. The second-order valence-corrected chi connectivity index (χ2v) is 8.18. The van der Waals surface area contributed by atoms with Crippen molar-refractivity contribution in [1.82, 2.24) is 15.5 Å². The smallest absolute Gasteiger partial charge is 0.162 e. The monoisotopic (exact) mass is 447 g/mol. The zero-order chi connectivity index (χ0) is 19.9. The van der Waals surface area contributed by atoms with Gasteiger partial charge in [-0.15, -0.1) is 34.4 Å². The first-order valence-corrected chi connectivity index (χ1v) is 9.91. The first-order chi connectivity index (χ1) is 12.8.